The second-order valence-electron chi connectivity index (χ2n) is 7.25. The molecule has 0 aliphatic carbocycles. The highest BCUT2D eigenvalue weighted by molar-refractivity contribution is 7.91. The third kappa shape index (κ3) is 4.68. The van der Waals surface area contributed by atoms with Crippen LogP contribution in [0.2, 0.25) is 0 Å². The van der Waals surface area contributed by atoms with Gasteiger partial charge in [0.1, 0.15) is 10.3 Å². The molecule has 1 aliphatic rings. The molecule has 1 fully saturated rings. The maximum absolute atomic E-state index is 12.9. The molecule has 1 atom stereocenters. The second-order valence-corrected chi connectivity index (χ2v) is 10.7. The molecule has 1 N–H and O–H groups in total. The first-order valence-corrected chi connectivity index (χ1v) is 11.6. The van der Waals surface area contributed by atoms with Crippen molar-refractivity contribution in [3.05, 3.63) is 52.4 Å². The van der Waals surface area contributed by atoms with Gasteiger partial charge in [-0.2, -0.15) is 4.31 Å². The summed E-state index contributed by atoms with van der Waals surface area (Å²) in [5, 5.41) is 2.83. The summed E-state index contributed by atoms with van der Waals surface area (Å²) in [6, 6.07) is 9.68. The van der Waals surface area contributed by atoms with Crippen LogP contribution < -0.4 is 5.32 Å². The monoisotopic (exact) mass is 435 g/mol. The normalized spacial score (nSPS) is 17.3. The van der Waals surface area contributed by atoms with E-state index in [-0.39, 0.29) is 22.6 Å². The molecule has 0 unspecified atom stereocenters. The van der Waals surface area contributed by atoms with E-state index < -0.39 is 16.1 Å². The number of carbonyl (C=O) groups excluding carboxylic acids is 2. The Kier molecular flexibility index (Phi) is 6.40. The number of aryl methyl sites for hydroxylation is 1. The molecule has 7 nitrogen and oxygen atoms in total. The van der Waals surface area contributed by atoms with Crippen LogP contribution in [0.4, 0.5) is 0 Å². The topological polar surface area (TPSA) is 86.8 Å². The van der Waals surface area contributed by atoms with Crippen LogP contribution in [0.3, 0.4) is 0 Å². The van der Waals surface area contributed by atoms with Crippen molar-refractivity contribution in [2.24, 2.45) is 0 Å². The molecular weight excluding hydrogens is 410 g/mol. The Morgan fingerprint density at radius 2 is 1.86 bits per heavy atom. The molecule has 1 aliphatic heterocycles. The van der Waals surface area contributed by atoms with E-state index in [0.717, 1.165) is 10.4 Å². The van der Waals surface area contributed by atoms with Crippen molar-refractivity contribution >= 4 is 33.2 Å². The molecule has 1 aromatic carbocycles. The van der Waals surface area contributed by atoms with Crippen molar-refractivity contribution in [1.29, 1.82) is 0 Å². The largest absolute Gasteiger partial charge is 0.351 e. The van der Waals surface area contributed by atoms with E-state index in [9.17, 15) is 18.0 Å². The number of sulfonamides is 1. The van der Waals surface area contributed by atoms with E-state index in [1.807, 2.05) is 6.92 Å². The molecule has 0 radical (unpaired) electrons. The molecule has 9 heteroatoms. The number of thiophene rings is 1. The summed E-state index contributed by atoms with van der Waals surface area (Å²) in [5.41, 5.74) is 1.42. The standard InChI is InChI=1S/C20H25N3O4S2/c1-14-6-11-18(28-14)29(26,27)23-12-4-5-17(23)19(24)21-13-15-7-9-16(10-8-15)20(25)22(2)3/h6-11,17H,4-5,12-13H2,1-3H3,(H,21,24)/t17-/m1/s1. The van der Waals surface area contributed by atoms with Gasteiger partial charge in [0.15, 0.2) is 0 Å². The van der Waals surface area contributed by atoms with Crippen molar-refractivity contribution in [1.82, 2.24) is 14.5 Å². The molecule has 2 aromatic rings. The Balaban J connectivity index is 1.65. The van der Waals surface area contributed by atoms with E-state index in [1.54, 1.807) is 50.5 Å². The van der Waals surface area contributed by atoms with Gasteiger partial charge in [0.2, 0.25) is 5.91 Å². The summed E-state index contributed by atoms with van der Waals surface area (Å²) < 4.78 is 27.4. The SMILES string of the molecule is Cc1ccc(S(=O)(=O)N2CCC[C@@H]2C(=O)NCc2ccc(C(=O)N(C)C)cc2)s1. The van der Waals surface area contributed by atoms with Crippen molar-refractivity contribution in [2.75, 3.05) is 20.6 Å². The Bertz CT molecular complexity index is 997. The number of carbonyl (C=O) groups is 2. The van der Waals surface area contributed by atoms with E-state index in [4.69, 9.17) is 0 Å². The number of rotatable bonds is 6. The van der Waals surface area contributed by atoms with Crippen molar-refractivity contribution in [3.8, 4) is 0 Å². The quantitative estimate of drug-likeness (QED) is 0.754. The van der Waals surface area contributed by atoms with Crippen LogP contribution in [-0.4, -0.2) is 56.1 Å². The van der Waals surface area contributed by atoms with E-state index >= 15 is 0 Å². The highest BCUT2D eigenvalue weighted by atomic mass is 32.2. The molecule has 0 spiro atoms. The zero-order valence-electron chi connectivity index (χ0n) is 16.7. The summed E-state index contributed by atoms with van der Waals surface area (Å²) >= 11 is 1.22. The summed E-state index contributed by atoms with van der Waals surface area (Å²) in [6.45, 7) is 2.48. The molecule has 2 heterocycles. The number of hydrogen-bond donors (Lipinski definition) is 1. The minimum absolute atomic E-state index is 0.0868. The van der Waals surface area contributed by atoms with Crippen LogP contribution in [-0.2, 0) is 21.4 Å². The van der Waals surface area contributed by atoms with Crippen LogP contribution in [0.5, 0.6) is 0 Å². The minimum Gasteiger partial charge on any atom is -0.351 e. The lowest BCUT2D eigenvalue weighted by molar-refractivity contribution is -0.124. The molecule has 0 saturated carbocycles. The number of amides is 2. The Morgan fingerprint density at radius 1 is 1.17 bits per heavy atom. The first kappa shape index (κ1) is 21.5. The van der Waals surface area contributed by atoms with Gasteiger partial charge >= 0.3 is 0 Å². The van der Waals surface area contributed by atoms with E-state index in [2.05, 4.69) is 5.32 Å². The van der Waals surface area contributed by atoms with Gasteiger partial charge in [-0.25, -0.2) is 8.42 Å². The molecule has 0 bridgehead atoms. The lowest BCUT2D eigenvalue weighted by Crippen LogP contribution is -2.45. The first-order chi connectivity index (χ1) is 13.7. The fraction of sp³-hybridized carbons (Fsp3) is 0.400. The van der Waals surface area contributed by atoms with Gasteiger partial charge in [-0.05, 0) is 49.6 Å². The van der Waals surface area contributed by atoms with Gasteiger partial charge in [0.05, 0.1) is 0 Å². The third-order valence-corrected chi connectivity index (χ3v) is 8.24. The van der Waals surface area contributed by atoms with Gasteiger partial charge in [0.25, 0.3) is 15.9 Å². The van der Waals surface area contributed by atoms with Crippen molar-refractivity contribution in [3.63, 3.8) is 0 Å². The number of benzene rings is 1. The molecule has 1 aromatic heterocycles. The summed E-state index contributed by atoms with van der Waals surface area (Å²) in [6.07, 6.45) is 1.16. The zero-order valence-corrected chi connectivity index (χ0v) is 18.3. The first-order valence-electron chi connectivity index (χ1n) is 9.37. The molecular formula is C20H25N3O4S2. The molecule has 29 heavy (non-hydrogen) atoms. The van der Waals surface area contributed by atoms with Crippen molar-refractivity contribution in [2.45, 2.75) is 36.6 Å². The summed E-state index contributed by atoms with van der Waals surface area (Å²) in [7, 11) is -0.290. The van der Waals surface area contributed by atoms with Gasteiger partial charge in [-0.1, -0.05) is 12.1 Å². The van der Waals surface area contributed by atoms with Gasteiger partial charge in [-0.3, -0.25) is 9.59 Å². The zero-order chi connectivity index (χ0) is 21.2. The van der Waals surface area contributed by atoms with Gasteiger partial charge < -0.3 is 10.2 Å². The minimum atomic E-state index is -3.67. The fourth-order valence-corrected chi connectivity index (χ4v) is 6.36. The average molecular weight is 436 g/mol. The Labute approximate surface area is 175 Å². The Morgan fingerprint density at radius 3 is 2.45 bits per heavy atom. The molecule has 1 saturated heterocycles. The smallest absolute Gasteiger partial charge is 0.253 e. The molecule has 3 rings (SSSR count). The van der Waals surface area contributed by atoms with Gasteiger partial charge in [0, 0.05) is 37.6 Å². The van der Waals surface area contributed by atoms with E-state index in [1.165, 1.54) is 20.5 Å². The second kappa shape index (κ2) is 8.64. The van der Waals surface area contributed by atoms with Crippen molar-refractivity contribution < 1.29 is 18.0 Å². The predicted octanol–water partition coefficient (Wildman–Crippen LogP) is 2.23. The average Bonchev–Trinajstić information content (AvgIpc) is 3.35. The highest BCUT2D eigenvalue weighted by Gasteiger charge is 2.39. The fourth-order valence-electron chi connectivity index (χ4n) is 3.29. The Hall–Kier alpha value is -2.23. The third-order valence-electron chi connectivity index (χ3n) is 4.86. The lowest BCUT2D eigenvalue weighted by atomic mass is 10.1. The maximum Gasteiger partial charge on any atom is 0.253 e. The summed E-state index contributed by atoms with van der Waals surface area (Å²) in [5.74, 6) is -0.385. The maximum atomic E-state index is 12.9. The van der Waals surface area contributed by atoms with Crippen LogP contribution in [0.1, 0.15) is 33.6 Å². The van der Waals surface area contributed by atoms with Crippen LogP contribution in [0, 0.1) is 6.92 Å². The summed E-state index contributed by atoms with van der Waals surface area (Å²) in [4.78, 5) is 27.1. The molecule has 2 amide bonds. The van der Waals surface area contributed by atoms with Crippen LogP contribution >= 0.6 is 11.3 Å². The molecule has 156 valence electrons. The van der Waals surface area contributed by atoms with Gasteiger partial charge in [-0.15, -0.1) is 11.3 Å². The van der Waals surface area contributed by atoms with Crippen LogP contribution in [0.15, 0.2) is 40.6 Å². The van der Waals surface area contributed by atoms with E-state index in [0.29, 0.717) is 24.9 Å². The predicted molar refractivity (Wildman–Crippen MR) is 112 cm³/mol. The number of nitrogens with one attached hydrogen (secondary N) is 1. The highest BCUT2D eigenvalue weighted by Crippen LogP contribution is 2.30. The number of hydrogen-bond acceptors (Lipinski definition) is 5. The number of nitrogens with zero attached hydrogens (tertiary/aromatic N) is 2. The lowest BCUT2D eigenvalue weighted by Gasteiger charge is -2.22. The van der Waals surface area contributed by atoms with Crippen LogP contribution in [0.25, 0.3) is 0 Å².